The van der Waals surface area contributed by atoms with Crippen LogP contribution in [0, 0.1) is 5.92 Å². The summed E-state index contributed by atoms with van der Waals surface area (Å²) in [6.45, 7) is 11.7. The Bertz CT molecular complexity index is 545. The second-order valence-electron chi connectivity index (χ2n) is 7.20. The summed E-state index contributed by atoms with van der Waals surface area (Å²) >= 11 is 0. The maximum atomic E-state index is 12.2. The lowest BCUT2D eigenvalue weighted by Crippen LogP contribution is -2.49. The minimum absolute atomic E-state index is 0.0691. The lowest BCUT2D eigenvalue weighted by atomic mass is 10.2. The molecule has 7 heteroatoms. The molecule has 0 aromatic carbocycles. The number of ether oxygens (including phenoxy) is 1. The predicted octanol–water partition coefficient (Wildman–Crippen LogP) is 0.172. The molecule has 3 rings (SSSR count). The minimum atomic E-state index is 0.0691. The van der Waals surface area contributed by atoms with Crippen molar-refractivity contribution in [2.75, 3.05) is 45.9 Å². The first-order valence-electron chi connectivity index (χ1n) is 8.93. The summed E-state index contributed by atoms with van der Waals surface area (Å²) in [5.41, 5.74) is 0. The number of fused-ring (bicyclic) bond motifs is 1. The molecule has 3 heterocycles. The lowest BCUT2D eigenvalue weighted by molar-refractivity contribution is -0.123. The number of carbonyl (C=O) groups excluding carboxylic acids is 1. The third-order valence-electron chi connectivity index (χ3n) is 4.56. The van der Waals surface area contributed by atoms with E-state index in [0.29, 0.717) is 19.0 Å². The average Bonchev–Trinajstić information content (AvgIpc) is 3.00. The van der Waals surface area contributed by atoms with Gasteiger partial charge < -0.3 is 14.6 Å². The van der Waals surface area contributed by atoms with Gasteiger partial charge in [0, 0.05) is 51.7 Å². The van der Waals surface area contributed by atoms with E-state index in [2.05, 4.69) is 38.5 Å². The van der Waals surface area contributed by atoms with Crippen molar-refractivity contribution in [3.8, 4) is 0 Å². The molecule has 1 saturated heterocycles. The summed E-state index contributed by atoms with van der Waals surface area (Å²) in [6, 6.07) is 0. The van der Waals surface area contributed by atoms with Gasteiger partial charge >= 0.3 is 0 Å². The molecule has 0 unspecified atom stereocenters. The van der Waals surface area contributed by atoms with E-state index in [1.807, 2.05) is 12.4 Å². The van der Waals surface area contributed by atoms with Gasteiger partial charge in [0.25, 0.3) is 0 Å². The minimum Gasteiger partial charge on any atom is -0.374 e. The molecule has 0 saturated carbocycles. The molecule has 1 fully saturated rings. The van der Waals surface area contributed by atoms with Gasteiger partial charge in [0.1, 0.15) is 5.82 Å². The monoisotopic (exact) mass is 335 g/mol. The second kappa shape index (κ2) is 8.09. The largest absolute Gasteiger partial charge is 0.374 e. The fourth-order valence-corrected chi connectivity index (χ4v) is 3.43. The van der Waals surface area contributed by atoms with Gasteiger partial charge in [0.2, 0.25) is 5.91 Å². The summed E-state index contributed by atoms with van der Waals surface area (Å²) in [4.78, 5) is 21.1. The van der Waals surface area contributed by atoms with Crippen LogP contribution in [0.25, 0.3) is 0 Å². The number of hydrogen-bond acceptors (Lipinski definition) is 5. The van der Waals surface area contributed by atoms with Gasteiger partial charge in [0.15, 0.2) is 0 Å². The summed E-state index contributed by atoms with van der Waals surface area (Å²) in [7, 11) is 0. The fraction of sp³-hybridized carbons (Fsp3) is 0.765. The molecular weight excluding hydrogens is 306 g/mol. The van der Waals surface area contributed by atoms with Crippen LogP contribution in [0.5, 0.6) is 0 Å². The van der Waals surface area contributed by atoms with Crippen molar-refractivity contribution in [1.29, 1.82) is 0 Å². The molecule has 2 aliphatic rings. The molecule has 2 aliphatic heterocycles. The zero-order valence-electron chi connectivity index (χ0n) is 14.8. The highest BCUT2D eigenvalue weighted by atomic mass is 16.5. The SMILES string of the molecule is CC(C)CN1CCO[C@@H](CNC(=O)CN2CCn3ccnc3C2)C1. The molecular formula is C17H29N5O2. The number of nitrogens with zero attached hydrogens (tertiary/aromatic N) is 4. The zero-order valence-corrected chi connectivity index (χ0v) is 14.8. The molecule has 24 heavy (non-hydrogen) atoms. The van der Waals surface area contributed by atoms with Gasteiger partial charge in [0.05, 0.1) is 25.8 Å². The van der Waals surface area contributed by atoms with Crippen LogP contribution in [-0.4, -0.2) is 77.2 Å². The van der Waals surface area contributed by atoms with Gasteiger partial charge in [-0.15, -0.1) is 0 Å². The van der Waals surface area contributed by atoms with Crippen molar-refractivity contribution in [1.82, 2.24) is 24.7 Å². The van der Waals surface area contributed by atoms with E-state index in [1.54, 1.807) is 0 Å². The van der Waals surface area contributed by atoms with Crippen LogP contribution in [0.3, 0.4) is 0 Å². The summed E-state index contributed by atoms with van der Waals surface area (Å²) in [6.07, 6.45) is 3.92. The van der Waals surface area contributed by atoms with Crippen LogP contribution >= 0.6 is 0 Å². The zero-order chi connectivity index (χ0) is 16.9. The number of morpholine rings is 1. The summed E-state index contributed by atoms with van der Waals surface area (Å²) in [5.74, 6) is 1.76. The topological polar surface area (TPSA) is 62.6 Å². The molecule has 7 nitrogen and oxygen atoms in total. The van der Waals surface area contributed by atoms with Crippen molar-refractivity contribution in [2.24, 2.45) is 5.92 Å². The number of carbonyl (C=O) groups is 1. The van der Waals surface area contributed by atoms with Crippen LogP contribution in [0.4, 0.5) is 0 Å². The third-order valence-corrected chi connectivity index (χ3v) is 4.56. The van der Waals surface area contributed by atoms with Crippen molar-refractivity contribution >= 4 is 5.91 Å². The number of hydrogen-bond donors (Lipinski definition) is 1. The molecule has 134 valence electrons. The van der Waals surface area contributed by atoms with Crippen molar-refractivity contribution in [3.63, 3.8) is 0 Å². The van der Waals surface area contributed by atoms with Crippen molar-refractivity contribution in [3.05, 3.63) is 18.2 Å². The normalized spacial score (nSPS) is 22.5. The van der Waals surface area contributed by atoms with Crippen LogP contribution in [0.2, 0.25) is 0 Å². The Labute approximate surface area is 144 Å². The summed E-state index contributed by atoms with van der Waals surface area (Å²) < 4.78 is 7.93. The Hall–Kier alpha value is -1.44. The molecule has 1 N–H and O–H groups in total. The molecule has 1 aromatic heterocycles. The van der Waals surface area contributed by atoms with Gasteiger partial charge in [-0.2, -0.15) is 0 Å². The maximum Gasteiger partial charge on any atom is 0.234 e. The van der Waals surface area contributed by atoms with Crippen molar-refractivity contribution in [2.45, 2.75) is 33.0 Å². The first kappa shape index (κ1) is 17.4. The Kier molecular flexibility index (Phi) is 5.86. The Balaban J connectivity index is 1.38. The molecule has 1 atom stereocenters. The molecule has 0 aliphatic carbocycles. The van der Waals surface area contributed by atoms with Gasteiger partial charge in [-0.25, -0.2) is 4.98 Å². The smallest absolute Gasteiger partial charge is 0.234 e. The quantitative estimate of drug-likeness (QED) is 0.803. The van der Waals surface area contributed by atoms with E-state index in [-0.39, 0.29) is 12.0 Å². The van der Waals surface area contributed by atoms with E-state index in [0.717, 1.165) is 51.7 Å². The van der Waals surface area contributed by atoms with Crippen molar-refractivity contribution < 1.29 is 9.53 Å². The van der Waals surface area contributed by atoms with Crippen LogP contribution in [0.1, 0.15) is 19.7 Å². The average molecular weight is 335 g/mol. The number of amides is 1. The van der Waals surface area contributed by atoms with Gasteiger partial charge in [-0.3, -0.25) is 14.6 Å². The highest BCUT2D eigenvalue weighted by Gasteiger charge is 2.23. The first-order chi connectivity index (χ1) is 11.6. The Morgan fingerprint density at radius 2 is 2.25 bits per heavy atom. The third kappa shape index (κ3) is 4.78. The van der Waals surface area contributed by atoms with E-state index in [9.17, 15) is 4.79 Å². The molecule has 1 aromatic rings. The fourth-order valence-electron chi connectivity index (χ4n) is 3.43. The van der Waals surface area contributed by atoms with Gasteiger partial charge in [-0.05, 0) is 5.92 Å². The molecule has 0 bridgehead atoms. The molecule has 1 amide bonds. The van der Waals surface area contributed by atoms with E-state index in [4.69, 9.17) is 4.74 Å². The van der Waals surface area contributed by atoms with Gasteiger partial charge in [-0.1, -0.05) is 13.8 Å². The first-order valence-corrected chi connectivity index (χ1v) is 8.93. The van der Waals surface area contributed by atoms with E-state index >= 15 is 0 Å². The van der Waals surface area contributed by atoms with E-state index in [1.165, 1.54) is 0 Å². The second-order valence-corrected chi connectivity index (χ2v) is 7.20. The standard InChI is InChI=1S/C17H29N5O2/c1-14(2)10-21-7-8-24-15(11-21)9-19-17(23)13-20-5-6-22-4-3-18-16(22)12-20/h3-4,14-15H,5-13H2,1-2H3,(H,19,23)/t15-/m0/s1. The number of nitrogens with one attached hydrogen (secondary N) is 1. The number of imidazole rings is 1. The highest BCUT2D eigenvalue weighted by Crippen LogP contribution is 2.10. The Morgan fingerprint density at radius 3 is 3.08 bits per heavy atom. The number of rotatable bonds is 6. The molecule has 0 radical (unpaired) electrons. The van der Waals surface area contributed by atoms with Crippen LogP contribution < -0.4 is 5.32 Å². The molecule has 0 spiro atoms. The van der Waals surface area contributed by atoms with Crippen LogP contribution in [-0.2, 0) is 22.6 Å². The maximum absolute atomic E-state index is 12.2. The lowest BCUT2D eigenvalue weighted by Gasteiger charge is -2.34. The Morgan fingerprint density at radius 1 is 1.38 bits per heavy atom. The van der Waals surface area contributed by atoms with Crippen LogP contribution in [0.15, 0.2) is 12.4 Å². The summed E-state index contributed by atoms with van der Waals surface area (Å²) in [5, 5.41) is 3.03. The number of aromatic nitrogens is 2. The van der Waals surface area contributed by atoms with E-state index < -0.39 is 0 Å². The highest BCUT2D eigenvalue weighted by molar-refractivity contribution is 5.78. The predicted molar refractivity (Wildman–Crippen MR) is 91.5 cm³/mol.